The molecule has 0 spiro atoms. The van der Waals surface area contributed by atoms with Crippen molar-refractivity contribution in [1.29, 1.82) is 0 Å². The molecule has 4 amide bonds. The molecule has 1 aliphatic rings. The molecule has 0 saturated carbocycles. The lowest BCUT2D eigenvalue weighted by atomic mass is 10.0. The number of rotatable bonds is 10. The standard InChI is InChI=1S/C27H40N4O7/c1-17(2)22(30-26(36)38-27(4,5)6)24(34)31-14-10-13-20(31)23(33)28-15-21(32)29-18(3)25(35)37-16-19-11-8-7-9-12-19/h7-9,11-12,17-18,20,22H,10,13-16H2,1-6H3,(H,28,33)(H,29,32)(H,30,36)/t18-,20-,22-/m0/s1. The second-order valence-corrected chi connectivity index (χ2v) is 10.7. The highest BCUT2D eigenvalue weighted by atomic mass is 16.6. The average Bonchev–Trinajstić information content (AvgIpc) is 3.33. The molecule has 1 fully saturated rings. The second-order valence-electron chi connectivity index (χ2n) is 10.7. The monoisotopic (exact) mass is 532 g/mol. The lowest BCUT2D eigenvalue weighted by Crippen LogP contribution is -2.56. The fraction of sp³-hybridized carbons (Fsp3) is 0.593. The van der Waals surface area contributed by atoms with Gasteiger partial charge >= 0.3 is 12.1 Å². The van der Waals surface area contributed by atoms with E-state index in [1.165, 1.54) is 11.8 Å². The molecule has 1 aromatic carbocycles. The number of hydrogen-bond acceptors (Lipinski definition) is 7. The van der Waals surface area contributed by atoms with Gasteiger partial charge in [0.15, 0.2) is 0 Å². The first-order chi connectivity index (χ1) is 17.8. The van der Waals surface area contributed by atoms with E-state index in [1.54, 1.807) is 34.6 Å². The van der Waals surface area contributed by atoms with E-state index in [0.29, 0.717) is 19.4 Å². The van der Waals surface area contributed by atoms with Crippen molar-refractivity contribution >= 4 is 29.8 Å². The van der Waals surface area contributed by atoms with E-state index in [9.17, 15) is 24.0 Å². The molecule has 0 aromatic heterocycles. The fourth-order valence-corrected chi connectivity index (χ4v) is 3.92. The van der Waals surface area contributed by atoms with E-state index in [-0.39, 0.29) is 25.0 Å². The van der Waals surface area contributed by atoms with Crippen LogP contribution in [0.15, 0.2) is 30.3 Å². The number of amides is 4. The van der Waals surface area contributed by atoms with E-state index in [2.05, 4.69) is 16.0 Å². The maximum atomic E-state index is 13.3. The molecule has 3 N–H and O–H groups in total. The normalized spacial score (nSPS) is 16.8. The first-order valence-electron chi connectivity index (χ1n) is 12.9. The Labute approximate surface area is 224 Å². The van der Waals surface area contributed by atoms with Gasteiger partial charge in [0, 0.05) is 6.54 Å². The van der Waals surface area contributed by atoms with Gasteiger partial charge in [-0.1, -0.05) is 44.2 Å². The van der Waals surface area contributed by atoms with Crippen molar-refractivity contribution in [1.82, 2.24) is 20.9 Å². The van der Waals surface area contributed by atoms with Crippen molar-refractivity contribution in [2.75, 3.05) is 13.1 Å². The minimum absolute atomic E-state index is 0.0856. The largest absolute Gasteiger partial charge is 0.459 e. The Hall–Kier alpha value is -3.63. The van der Waals surface area contributed by atoms with Crippen molar-refractivity contribution in [2.45, 2.75) is 84.7 Å². The summed E-state index contributed by atoms with van der Waals surface area (Å²) in [5.41, 5.74) is 0.102. The summed E-state index contributed by atoms with van der Waals surface area (Å²) in [6.45, 7) is 10.3. The number of alkyl carbamates (subject to hydrolysis) is 1. The van der Waals surface area contributed by atoms with E-state index in [4.69, 9.17) is 9.47 Å². The Balaban J connectivity index is 1.86. The molecule has 0 radical (unpaired) electrons. The number of carbonyl (C=O) groups excluding carboxylic acids is 5. The highest BCUT2D eigenvalue weighted by Gasteiger charge is 2.39. The predicted octanol–water partition coefficient (Wildman–Crippen LogP) is 1.89. The summed E-state index contributed by atoms with van der Waals surface area (Å²) in [4.78, 5) is 64.3. The molecule has 0 unspecified atom stereocenters. The summed E-state index contributed by atoms with van der Waals surface area (Å²) in [5, 5.41) is 7.66. The second kappa shape index (κ2) is 13.8. The van der Waals surface area contributed by atoms with Crippen LogP contribution in [0.4, 0.5) is 4.79 Å². The molecule has 1 saturated heterocycles. The molecule has 1 heterocycles. The maximum Gasteiger partial charge on any atom is 0.408 e. The average molecular weight is 533 g/mol. The molecular weight excluding hydrogens is 492 g/mol. The minimum Gasteiger partial charge on any atom is -0.459 e. The number of likely N-dealkylation sites (tertiary alicyclic amines) is 1. The molecule has 1 aromatic rings. The molecule has 0 bridgehead atoms. The van der Waals surface area contributed by atoms with Gasteiger partial charge in [0.25, 0.3) is 0 Å². The third-order valence-electron chi connectivity index (χ3n) is 5.82. The highest BCUT2D eigenvalue weighted by molar-refractivity contribution is 5.94. The topological polar surface area (TPSA) is 143 Å². The van der Waals surface area contributed by atoms with Gasteiger partial charge in [-0.25, -0.2) is 9.59 Å². The van der Waals surface area contributed by atoms with Gasteiger partial charge in [-0.05, 0) is 52.0 Å². The molecule has 11 nitrogen and oxygen atoms in total. The summed E-state index contributed by atoms with van der Waals surface area (Å²) in [7, 11) is 0. The maximum absolute atomic E-state index is 13.3. The van der Waals surface area contributed by atoms with Gasteiger partial charge in [0.2, 0.25) is 17.7 Å². The van der Waals surface area contributed by atoms with Crippen LogP contribution in [0.5, 0.6) is 0 Å². The molecule has 1 aliphatic heterocycles. The smallest absolute Gasteiger partial charge is 0.408 e. The molecule has 210 valence electrons. The number of nitrogens with one attached hydrogen (secondary N) is 3. The first kappa shape index (κ1) is 30.6. The summed E-state index contributed by atoms with van der Waals surface area (Å²) in [6, 6.07) is 6.60. The number of hydrogen-bond donors (Lipinski definition) is 3. The Morgan fingerprint density at radius 3 is 2.29 bits per heavy atom. The van der Waals surface area contributed by atoms with Crippen LogP contribution < -0.4 is 16.0 Å². The van der Waals surface area contributed by atoms with Gasteiger partial charge in [0.1, 0.15) is 30.3 Å². The summed E-state index contributed by atoms with van der Waals surface area (Å²) < 4.78 is 10.5. The lowest BCUT2D eigenvalue weighted by molar-refractivity contribution is -0.148. The number of carbonyl (C=O) groups is 5. The lowest BCUT2D eigenvalue weighted by Gasteiger charge is -2.31. The number of benzene rings is 1. The highest BCUT2D eigenvalue weighted by Crippen LogP contribution is 2.21. The van der Waals surface area contributed by atoms with Crippen LogP contribution in [-0.2, 0) is 35.3 Å². The van der Waals surface area contributed by atoms with Crippen molar-refractivity contribution in [3.05, 3.63) is 35.9 Å². The van der Waals surface area contributed by atoms with E-state index in [0.717, 1.165) is 5.56 Å². The van der Waals surface area contributed by atoms with Gasteiger partial charge in [-0.2, -0.15) is 0 Å². The van der Waals surface area contributed by atoms with Crippen LogP contribution in [0.2, 0.25) is 0 Å². The van der Waals surface area contributed by atoms with Crippen molar-refractivity contribution in [3.63, 3.8) is 0 Å². The number of esters is 1. The Morgan fingerprint density at radius 1 is 1.03 bits per heavy atom. The van der Waals surface area contributed by atoms with Crippen LogP contribution >= 0.6 is 0 Å². The molecule has 3 atom stereocenters. The molecule has 0 aliphatic carbocycles. The van der Waals surface area contributed by atoms with Crippen molar-refractivity contribution in [2.24, 2.45) is 5.92 Å². The van der Waals surface area contributed by atoms with Gasteiger partial charge in [-0.3, -0.25) is 14.4 Å². The summed E-state index contributed by atoms with van der Waals surface area (Å²) in [5.74, 6) is -2.27. The van der Waals surface area contributed by atoms with E-state index in [1.807, 2.05) is 30.3 Å². The molecule has 2 rings (SSSR count). The van der Waals surface area contributed by atoms with E-state index >= 15 is 0 Å². The Kier molecular flexibility index (Phi) is 11.1. The predicted molar refractivity (Wildman–Crippen MR) is 140 cm³/mol. The van der Waals surface area contributed by atoms with Crippen LogP contribution in [-0.4, -0.2) is 71.5 Å². The van der Waals surface area contributed by atoms with Crippen LogP contribution in [0, 0.1) is 5.92 Å². The zero-order valence-corrected chi connectivity index (χ0v) is 23.0. The first-order valence-corrected chi connectivity index (χ1v) is 12.9. The summed E-state index contributed by atoms with van der Waals surface area (Å²) in [6.07, 6.45) is 0.328. The minimum atomic E-state index is -0.904. The number of ether oxygens (including phenoxy) is 2. The van der Waals surface area contributed by atoms with E-state index < -0.39 is 47.6 Å². The van der Waals surface area contributed by atoms with Gasteiger partial charge in [-0.15, -0.1) is 0 Å². The zero-order valence-electron chi connectivity index (χ0n) is 23.0. The third-order valence-corrected chi connectivity index (χ3v) is 5.82. The zero-order chi connectivity index (χ0) is 28.5. The van der Waals surface area contributed by atoms with Crippen LogP contribution in [0.25, 0.3) is 0 Å². The van der Waals surface area contributed by atoms with Gasteiger partial charge < -0.3 is 30.3 Å². The van der Waals surface area contributed by atoms with Crippen LogP contribution in [0.3, 0.4) is 0 Å². The van der Waals surface area contributed by atoms with Crippen molar-refractivity contribution in [3.8, 4) is 0 Å². The number of nitrogens with zero attached hydrogens (tertiary/aromatic N) is 1. The summed E-state index contributed by atoms with van der Waals surface area (Å²) >= 11 is 0. The SMILES string of the molecule is CC(C)[C@H](NC(=O)OC(C)(C)C)C(=O)N1CCC[C@H]1C(=O)NCC(=O)N[C@@H](C)C(=O)OCc1ccccc1. The fourth-order valence-electron chi connectivity index (χ4n) is 3.92. The van der Waals surface area contributed by atoms with Crippen molar-refractivity contribution < 1.29 is 33.4 Å². The third kappa shape index (κ3) is 9.68. The molecule has 11 heteroatoms. The molecule has 38 heavy (non-hydrogen) atoms. The molecular formula is C27H40N4O7. The Bertz CT molecular complexity index is 991. The Morgan fingerprint density at radius 2 is 1.68 bits per heavy atom. The van der Waals surface area contributed by atoms with Gasteiger partial charge in [0.05, 0.1) is 6.54 Å². The quantitative estimate of drug-likeness (QED) is 0.391. The van der Waals surface area contributed by atoms with Crippen LogP contribution in [0.1, 0.15) is 59.9 Å².